The molecule has 9 heteroatoms. The van der Waals surface area contributed by atoms with Crippen molar-refractivity contribution in [1.29, 1.82) is 0 Å². The van der Waals surface area contributed by atoms with E-state index < -0.39 is 23.3 Å². The van der Waals surface area contributed by atoms with Crippen LogP contribution in [0.4, 0.5) is 10.1 Å². The SMILES string of the molecule is CN[C@@H](C)C(=O)Nc1cnc(-c2ccc(F)cc2)n(CC(=O)N(C)C2CCCc3ccccc32)c1=O. The van der Waals surface area contributed by atoms with Gasteiger partial charge in [-0.1, -0.05) is 24.3 Å². The first kappa shape index (κ1) is 25.2. The van der Waals surface area contributed by atoms with E-state index in [1.54, 1.807) is 25.9 Å². The average Bonchev–Trinajstić information content (AvgIpc) is 2.90. The molecule has 0 aliphatic heterocycles. The quantitative estimate of drug-likeness (QED) is 0.530. The molecule has 3 aromatic rings. The van der Waals surface area contributed by atoms with E-state index in [0.717, 1.165) is 24.8 Å². The van der Waals surface area contributed by atoms with Gasteiger partial charge in [0.1, 0.15) is 23.9 Å². The first-order valence-electron chi connectivity index (χ1n) is 12.0. The monoisotopic (exact) mass is 491 g/mol. The number of aromatic nitrogens is 2. The van der Waals surface area contributed by atoms with E-state index in [1.807, 2.05) is 18.2 Å². The standard InChI is InChI=1S/C27H30FN5O3/c1-17(29-2)26(35)31-22-15-30-25(19-11-13-20(28)14-12-19)33(27(22)36)16-24(34)32(3)23-10-6-8-18-7-4-5-9-21(18)23/h4-5,7,9,11-15,17,23,29H,6,8,10,16H2,1-3H3,(H,31,35)/t17-,23?/m0/s1. The third-order valence-corrected chi connectivity index (χ3v) is 6.73. The first-order chi connectivity index (χ1) is 17.3. The fraction of sp³-hybridized carbons (Fsp3) is 0.333. The first-order valence-corrected chi connectivity index (χ1v) is 12.0. The van der Waals surface area contributed by atoms with Gasteiger partial charge in [-0.25, -0.2) is 9.37 Å². The number of amides is 2. The van der Waals surface area contributed by atoms with Gasteiger partial charge in [-0.2, -0.15) is 0 Å². The smallest absolute Gasteiger partial charge is 0.278 e. The zero-order valence-corrected chi connectivity index (χ0v) is 20.6. The van der Waals surface area contributed by atoms with E-state index in [-0.39, 0.29) is 30.0 Å². The molecule has 0 saturated carbocycles. The van der Waals surface area contributed by atoms with Crippen molar-refractivity contribution in [3.05, 3.63) is 82.0 Å². The van der Waals surface area contributed by atoms with E-state index in [0.29, 0.717) is 5.56 Å². The van der Waals surface area contributed by atoms with Crippen molar-refractivity contribution < 1.29 is 14.0 Å². The number of rotatable bonds is 7. The van der Waals surface area contributed by atoms with Crippen LogP contribution < -0.4 is 16.2 Å². The van der Waals surface area contributed by atoms with Crippen molar-refractivity contribution in [1.82, 2.24) is 19.8 Å². The van der Waals surface area contributed by atoms with Gasteiger partial charge in [0.05, 0.1) is 18.3 Å². The van der Waals surface area contributed by atoms with E-state index in [2.05, 4.69) is 21.7 Å². The summed E-state index contributed by atoms with van der Waals surface area (Å²) < 4.78 is 14.8. The summed E-state index contributed by atoms with van der Waals surface area (Å²) in [5.41, 5.74) is 2.22. The summed E-state index contributed by atoms with van der Waals surface area (Å²) in [6.45, 7) is 1.38. The number of fused-ring (bicyclic) bond motifs is 1. The Morgan fingerprint density at radius 3 is 2.64 bits per heavy atom. The number of likely N-dealkylation sites (N-methyl/N-ethyl adjacent to an activating group) is 2. The number of hydrogen-bond donors (Lipinski definition) is 2. The second-order valence-corrected chi connectivity index (χ2v) is 9.00. The number of nitrogens with one attached hydrogen (secondary N) is 2. The molecular weight excluding hydrogens is 461 g/mol. The average molecular weight is 492 g/mol. The summed E-state index contributed by atoms with van der Waals surface area (Å²) in [4.78, 5) is 45.4. The molecule has 1 aliphatic carbocycles. The summed E-state index contributed by atoms with van der Waals surface area (Å²) in [5, 5.41) is 5.40. The van der Waals surface area contributed by atoms with E-state index in [9.17, 15) is 18.8 Å². The van der Waals surface area contributed by atoms with Crippen LogP contribution in [-0.2, 0) is 22.6 Å². The number of anilines is 1. The van der Waals surface area contributed by atoms with Gasteiger partial charge in [0.2, 0.25) is 11.8 Å². The molecule has 0 spiro atoms. The molecule has 1 aromatic heterocycles. The summed E-state index contributed by atoms with van der Waals surface area (Å²) in [7, 11) is 3.38. The maximum atomic E-state index is 13.5. The Balaban J connectivity index is 1.69. The second-order valence-electron chi connectivity index (χ2n) is 9.00. The predicted molar refractivity (Wildman–Crippen MR) is 136 cm³/mol. The number of nitrogens with zero attached hydrogens (tertiary/aromatic N) is 3. The van der Waals surface area contributed by atoms with E-state index in [1.165, 1.54) is 40.6 Å². The van der Waals surface area contributed by atoms with Gasteiger partial charge in [0, 0.05) is 12.6 Å². The van der Waals surface area contributed by atoms with Gasteiger partial charge in [-0.05, 0) is 68.6 Å². The molecule has 0 bridgehead atoms. The molecule has 2 aromatic carbocycles. The van der Waals surface area contributed by atoms with Gasteiger partial charge >= 0.3 is 0 Å². The number of benzene rings is 2. The maximum absolute atomic E-state index is 13.5. The largest absolute Gasteiger partial charge is 0.337 e. The Labute approximate surface area is 209 Å². The van der Waals surface area contributed by atoms with Crippen LogP contribution in [0.2, 0.25) is 0 Å². The minimum absolute atomic E-state index is 0.0357. The number of carbonyl (C=O) groups is 2. The summed E-state index contributed by atoms with van der Waals surface area (Å²) in [6, 6.07) is 13.0. The van der Waals surface area contributed by atoms with Crippen LogP contribution in [0.5, 0.6) is 0 Å². The van der Waals surface area contributed by atoms with Gasteiger partial charge in [-0.3, -0.25) is 19.0 Å². The zero-order valence-electron chi connectivity index (χ0n) is 20.6. The second kappa shape index (κ2) is 10.8. The zero-order chi connectivity index (χ0) is 25.8. The Kier molecular flexibility index (Phi) is 7.59. The molecule has 0 radical (unpaired) electrons. The van der Waals surface area contributed by atoms with Crippen LogP contribution in [-0.4, -0.2) is 46.4 Å². The highest BCUT2D eigenvalue weighted by Gasteiger charge is 2.28. The Hall–Kier alpha value is -3.85. The third kappa shape index (κ3) is 5.21. The fourth-order valence-corrected chi connectivity index (χ4v) is 4.48. The Morgan fingerprint density at radius 1 is 1.19 bits per heavy atom. The highest BCUT2D eigenvalue weighted by atomic mass is 19.1. The molecule has 0 saturated heterocycles. The molecule has 1 heterocycles. The number of hydrogen-bond acceptors (Lipinski definition) is 5. The van der Waals surface area contributed by atoms with Crippen molar-refractivity contribution in [2.75, 3.05) is 19.4 Å². The van der Waals surface area contributed by atoms with Crippen LogP contribution in [0.3, 0.4) is 0 Å². The lowest BCUT2D eigenvalue weighted by Gasteiger charge is -2.33. The van der Waals surface area contributed by atoms with Gasteiger partial charge < -0.3 is 15.5 Å². The van der Waals surface area contributed by atoms with Crippen LogP contribution in [0.25, 0.3) is 11.4 Å². The van der Waals surface area contributed by atoms with Gasteiger partial charge in [-0.15, -0.1) is 0 Å². The highest BCUT2D eigenvalue weighted by Crippen LogP contribution is 2.33. The van der Waals surface area contributed by atoms with Gasteiger partial charge in [0.15, 0.2) is 0 Å². The topological polar surface area (TPSA) is 96.3 Å². The minimum Gasteiger partial charge on any atom is -0.337 e. The van der Waals surface area contributed by atoms with Crippen LogP contribution in [0, 0.1) is 5.82 Å². The van der Waals surface area contributed by atoms with Crippen molar-refractivity contribution in [3.63, 3.8) is 0 Å². The number of carbonyl (C=O) groups excluding carboxylic acids is 2. The number of aryl methyl sites for hydroxylation is 1. The molecule has 1 unspecified atom stereocenters. The lowest BCUT2D eigenvalue weighted by Crippen LogP contribution is -2.40. The molecule has 1 aliphatic rings. The van der Waals surface area contributed by atoms with E-state index >= 15 is 0 Å². The van der Waals surface area contributed by atoms with E-state index in [4.69, 9.17) is 0 Å². The molecule has 4 rings (SSSR count). The summed E-state index contributed by atoms with van der Waals surface area (Å²) in [5.74, 6) is -0.884. The third-order valence-electron chi connectivity index (χ3n) is 6.73. The summed E-state index contributed by atoms with van der Waals surface area (Å²) >= 11 is 0. The molecular formula is C27H30FN5O3. The molecule has 0 fully saturated rings. The molecule has 2 amide bonds. The van der Waals surface area contributed by atoms with Gasteiger partial charge in [0.25, 0.3) is 5.56 Å². The van der Waals surface area contributed by atoms with Crippen LogP contribution in [0.15, 0.2) is 59.5 Å². The van der Waals surface area contributed by atoms with Crippen molar-refractivity contribution in [2.45, 2.75) is 44.8 Å². The normalized spacial score (nSPS) is 15.6. The lowest BCUT2D eigenvalue weighted by atomic mass is 9.87. The number of halogens is 1. The fourth-order valence-electron chi connectivity index (χ4n) is 4.48. The summed E-state index contributed by atoms with van der Waals surface area (Å²) in [6.07, 6.45) is 4.03. The molecule has 8 nitrogen and oxygen atoms in total. The molecule has 36 heavy (non-hydrogen) atoms. The van der Waals surface area contributed by atoms with Crippen LogP contribution in [0.1, 0.15) is 36.9 Å². The van der Waals surface area contributed by atoms with Crippen LogP contribution >= 0.6 is 0 Å². The molecule has 188 valence electrons. The van der Waals surface area contributed by atoms with Crippen molar-refractivity contribution in [3.8, 4) is 11.4 Å². The Morgan fingerprint density at radius 2 is 1.92 bits per heavy atom. The molecule has 2 atom stereocenters. The lowest BCUT2D eigenvalue weighted by molar-refractivity contribution is -0.133. The predicted octanol–water partition coefficient (Wildman–Crippen LogP) is 3.13. The highest BCUT2D eigenvalue weighted by molar-refractivity contribution is 5.94. The van der Waals surface area contributed by atoms with Crippen molar-refractivity contribution >= 4 is 17.5 Å². The maximum Gasteiger partial charge on any atom is 0.278 e. The Bertz CT molecular complexity index is 1320. The minimum atomic E-state index is -0.563. The van der Waals surface area contributed by atoms with Crippen molar-refractivity contribution in [2.24, 2.45) is 0 Å². The molecule has 2 N–H and O–H groups in total.